The number of fused-ring (bicyclic) bond motifs is 1. The molecule has 0 spiro atoms. The number of amides is 1. The predicted molar refractivity (Wildman–Crippen MR) is 147 cm³/mol. The Morgan fingerprint density at radius 2 is 1.79 bits per heavy atom. The number of methoxy groups -OCH3 is 1. The van der Waals surface area contributed by atoms with Crippen LogP contribution in [-0.4, -0.2) is 47.2 Å². The van der Waals surface area contributed by atoms with Crippen LogP contribution >= 0.6 is 0 Å². The molecule has 1 aliphatic rings. The Kier molecular flexibility index (Phi) is 7.87. The first-order chi connectivity index (χ1) is 18.0. The van der Waals surface area contributed by atoms with Gasteiger partial charge in [-0.2, -0.15) is 0 Å². The van der Waals surface area contributed by atoms with E-state index in [0.29, 0.717) is 17.2 Å². The number of nitrogens with one attached hydrogen (secondary N) is 1. The Balaban J connectivity index is 1.48. The predicted octanol–water partition coefficient (Wildman–Crippen LogP) is 4.45. The minimum atomic E-state index is -3.97. The third kappa shape index (κ3) is 5.88. The lowest BCUT2D eigenvalue weighted by atomic mass is 9.86. The Morgan fingerprint density at radius 3 is 2.47 bits per heavy atom. The largest absolute Gasteiger partial charge is 0.497 e. The molecule has 1 atom stereocenters. The van der Waals surface area contributed by atoms with Crippen LogP contribution in [0.3, 0.4) is 0 Å². The lowest BCUT2D eigenvalue weighted by Gasteiger charge is -2.35. The van der Waals surface area contributed by atoms with E-state index in [1.807, 2.05) is 37.3 Å². The van der Waals surface area contributed by atoms with Crippen molar-refractivity contribution in [1.82, 2.24) is 5.32 Å². The second kappa shape index (κ2) is 10.9. The van der Waals surface area contributed by atoms with Gasteiger partial charge in [-0.05, 0) is 65.9 Å². The molecule has 0 aliphatic carbocycles. The molecule has 0 fully saturated rings. The summed E-state index contributed by atoms with van der Waals surface area (Å²) in [4.78, 5) is 13.2. The van der Waals surface area contributed by atoms with Crippen molar-refractivity contribution in [2.75, 3.05) is 31.1 Å². The highest BCUT2D eigenvalue weighted by Crippen LogP contribution is 2.38. The zero-order chi connectivity index (χ0) is 27.5. The van der Waals surface area contributed by atoms with Crippen LogP contribution in [0.15, 0.2) is 71.6 Å². The fraction of sp³-hybridized carbons (Fsp3) is 0.345. The molecule has 1 heterocycles. The van der Waals surface area contributed by atoms with Crippen molar-refractivity contribution in [3.63, 3.8) is 0 Å². The standard InChI is InChI=1S/C29H34N2O6S/c1-20-10-15-24-26(18-20)37-27(19-31(24)38(33,34)22-13-11-21(35-5)12-14-22)28(32)30-16-17-36-25-9-7-6-8-23(25)29(2,3)4/h6-15,18,27H,16-17,19H2,1-5H3,(H,30,32). The van der Waals surface area contributed by atoms with E-state index in [1.165, 1.54) is 23.5 Å². The smallest absolute Gasteiger partial charge is 0.264 e. The number of para-hydroxylation sites is 1. The van der Waals surface area contributed by atoms with Gasteiger partial charge in [0.2, 0.25) is 0 Å². The van der Waals surface area contributed by atoms with Gasteiger partial charge in [0.1, 0.15) is 23.9 Å². The van der Waals surface area contributed by atoms with E-state index >= 15 is 0 Å². The van der Waals surface area contributed by atoms with Crippen molar-refractivity contribution < 1.29 is 27.4 Å². The van der Waals surface area contributed by atoms with Gasteiger partial charge >= 0.3 is 0 Å². The first-order valence-electron chi connectivity index (χ1n) is 12.4. The summed E-state index contributed by atoms with van der Waals surface area (Å²) in [7, 11) is -2.45. The first kappa shape index (κ1) is 27.3. The fourth-order valence-electron chi connectivity index (χ4n) is 4.26. The fourth-order valence-corrected chi connectivity index (χ4v) is 5.74. The summed E-state index contributed by atoms with van der Waals surface area (Å²) in [5.41, 5.74) is 2.27. The van der Waals surface area contributed by atoms with Gasteiger partial charge < -0.3 is 19.5 Å². The second-order valence-corrected chi connectivity index (χ2v) is 12.0. The van der Waals surface area contributed by atoms with Crippen molar-refractivity contribution in [3.05, 3.63) is 77.9 Å². The van der Waals surface area contributed by atoms with Crippen molar-refractivity contribution in [2.45, 2.75) is 44.1 Å². The maximum absolute atomic E-state index is 13.6. The van der Waals surface area contributed by atoms with Gasteiger partial charge in [-0.3, -0.25) is 9.10 Å². The van der Waals surface area contributed by atoms with Crippen LogP contribution < -0.4 is 23.8 Å². The monoisotopic (exact) mass is 538 g/mol. The summed E-state index contributed by atoms with van der Waals surface area (Å²) >= 11 is 0. The summed E-state index contributed by atoms with van der Waals surface area (Å²) in [6.07, 6.45) is -1.03. The van der Waals surface area contributed by atoms with Crippen LogP contribution in [-0.2, 0) is 20.2 Å². The highest BCUT2D eigenvalue weighted by Gasteiger charge is 2.37. The molecule has 1 aliphatic heterocycles. The molecule has 38 heavy (non-hydrogen) atoms. The van der Waals surface area contributed by atoms with Gasteiger partial charge in [0, 0.05) is 0 Å². The molecule has 0 bridgehead atoms. The number of carbonyl (C=O) groups is 1. The topological polar surface area (TPSA) is 94.2 Å². The Morgan fingerprint density at radius 1 is 1.08 bits per heavy atom. The van der Waals surface area contributed by atoms with E-state index in [-0.39, 0.29) is 30.0 Å². The summed E-state index contributed by atoms with van der Waals surface area (Å²) < 4.78 is 45.5. The Bertz CT molecular complexity index is 1400. The lowest BCUT2D eigenvalue weighted by Crippen LogP contribution is -2.51. The van der Waals surface area contributed by atoms with E-state index in [2.05, 4.69) is 26.1 Å². The van der Waals surface area contributed by atoms with Crippen LogP contribution in [0.1, 0.15) is 31.9 Å². The molecule has 0 saturated heterocycles. The quantitative estimate of drug-likeness (QED) is 0.426. The van der Waals surface area contributed by atoms with Gasteiger partial charge in [0.05, 0.1) is 30.8 Å². The Labute approximate surface area is 224 Å². The SMILES string of the molecule is COc1ccc(S(=O)(=O)N2CC(C(=O)NCCOc3ccccc3C(C)(C)C)Oc3cc(C)ccc32)cc1. The van der Waals surface area contributed by atoms with Gasteiger partial charge in [0.25, 0.3) is 15.9 Å². The van der Waals surface area contributed by atoms with Gasteiger partial charge in [-0.15, -0.1) is 0 Å². The molecule has 0 radical (unpaired) electrons. The molecule has 4 rings (SSSR count). The maximum atomic E-state index is 13.6. The summed E-state index contributed by atoms with van der Waals surface area (Å²) in [6, 6.07) is 19.2. The minimum absolute atomic E-state index is 0.0832. The van der Waals surface area contributed by atoms with Crippen LogP contribution in [0, 0.1) is 6.92 Å². The number of ether oxygens (including phenoxy) is 3. The highest BCUT2D eigenvalue weighted by molar-refractivity contribution is 7.92. The number of hydrogen-bond acceptors (Lipinski definition) is 6. The second-order valence-electron chi connectivity index (χ2n) is 10.2. The molecule has 0 aromatic heterocycles. The third-order valence-corrected chi connectivity index (χ3v) is 8.07. The van der Waals surface area contributed by atoms with E-state index in [4.69, 9.17) is 14.2 Å². The van der Waals surface area contributed by atoms with Crippen molar-refractivity contribution in [3.8, 4) is 17.2 Å². The zero-order valence-corrected chi connectivity index (χ0v) is 23.2. The van der Waals surface area contributed by atoms with E-state index < -0.39 is 22.0 Å². The molecular weight excluding hydrogens is 504 g/mol. The molecule has 1 amide bonds. The number of nitrogens with zero attached hydrogens (tertiary/aromatic N) is 1. The summed E-state index contributed by atoms with van der Waals surface area (Å²) in [5.74, 6) is 1.24. The molecular formula is C29H34N2O6S. The van der Waals surface area contributed by atoms with Crippen LogP contribution in [0.2, 0.25) is 0 Å². The van der Waals surface area contributed by atoms with Crippen molar-refractivity contribution >= 4 is 21.6 Å². The average Bonchev–Trinajstić information content (AvgIpc) is 2.89. The summed E-state index contributed by atoms with van der Waals surface area (Å²) in [5, 5.41) is 2.83. The van der Waals surface area contributed by atoms with Crippen molar-refractivity contribution in [1.29, 1.82) is 0 Å². The van der Waals surface area contributed by atoms with Gasteiger partial charge in [0.15, 0.2) is 6.10 Å². The zero-order valence-electron chi connectivity index (χ0n) is 22.4. The molecule has 0 saturated carbocycles. The first-order valence-corrected chi connectivity index (χ1v) is 13.9. The van der Waals surface area contributed by atoms with E-state index in [1.54, 1.807) is 24.3 Å². The number of sulfonamides is 1. The van der Waals surface area contributed by atoms with Crippen LogP contribution in [0.25, 0.3) is 0 Å². The van der Waals surface area contributed by atoms with Gasteiger partial charge in [-0.25, -0.2) is 8.42 Å². The van der Waals surface area contributed by atoms with Crippen LogP contribution in [0.5, 0.6) is 17.2 Å². The molecule has 8 nitrogen and oxygen atoms in total. The third-order valence-electron chi connectivity index (χ3n) is 6.28. The number of aryl methyl sites for hydroxylation is 1. The molecule has 3 aromatic carbocycles. The molecule has 1 N–H and O–H groups in total. The number of anilines is 1. The van der Waals surface area contributed by atoms with Crippen LogP contribution in [0.4, 0.5) is 5.69 Å². The van der Waals surface area contributed by atoms with E-state index in [9.17, 15) is 13.2 Å². The minimum Gasteiger partial charge on any atom is -0.497 e. The number of hydrogen-bond donors (Lipinski definition) is 1. The molecule has 202 valence electrons. The summed E-state index contributed by atoms with van der Waals surface area (Å²) in [6.45, 7) is 8.55. The number of benzene rings is 3. The molecule has 3 aromatic rings. The normalized spacial score (nSPS) is 15.3. The average molecular weight is 539 g/mol. The Hall–Kier alpha value is -3.72. The maximum Gasteiger partial charge on any atom is 0.264 e. The van der Waals surface area contributed by atoms with E-state index in [0.717, 1.165) is 16.9 Å². The number of carbonyl (C=O) groups excluding carboxylic acids is 1. The lowest BCUT2D eigenvalue weighted by molar-refractivity contribution is -0.127. The van der Waals surface area contributed by atoms with Crippen molar-refractivity contribution in [2.24, 2.45) is 0 Å². The molecule has 9 heteroatoms. The van der Waals surface area contributed by atoms with Gasteiger partial charge in [-0.1, -0.05) is 45.0 Å². The molecule has 1 unspecified atom stereocenters. The number of rotatable bonds is 8. The highest BCUT2D eigenvalue weighted by atomic mass is 32.2.